The number of halogens is 2. The zero-order valence-electron chi connectivity index (χ0n) is 8.80. The Morgan fingerprint density at radius 1 is 1.47 bits per heavy atom. The van der Waals surface area contributed by atoms with Gasteiger partial charge in [0.15, 0.2) is 0 Å². The molecular formula is C11H15BrClNO. The van der Waals surface area contributed by atoms with Crippen molar-refractivity contribution in [1.82, 2.24) is 0 Å². The third kappa shape index (κ3) is 3.10. The van der Waals surface area contributed by atoms with Crippen LogP contribution in [0.25, 0.3) is 0 Å². The van der Waals surface area contributed by atoms with Crippen molar-refractivity contribution in [3.05, 3.63) is 27.2 Å². The van der Waals surface area contributed by atoms with Gasteiger partial charge in [-0.1, -0.05) is 25.4 Å². The highest BCUT2D eigenvalue weighted by Crippen LogP contribution is 2.38. The molecule has 1 aromatic carbocycles. The van der Waals surface area contributed by atoms with E-state index in [-0.39, 0.29) is 11.8 Å². The van der Waals surface area contributed by atoms with E-state index in [4.69, 9.17) is 17.3 Å². The van der Waals surface area contributed by atoms with Gasteiger partial charge in [-0.15, -0.1) is 0 Å². The molecule has 4 heteroatoms. The molecule has 84 valence electrons. The summed E-state index contributed by atoms with van der Waals surface area (Å²) in [6, 6.07) is 3.22. The van der Waals surface area contributed by atoms with Crippen molar-refractivity contribution < 1.29 is 5.11 Å². The topological polar surface area (TPSA) is 46.2 Å². The lowest BCUT2D eigenvalue weighted by Crippen LogP contribution is -2.13. The Kier molecular flexibility index (Phi) is 4.44. The highest BCUT2D eigenvalue weighted by molar-refractivity contribution is 9.10. The first-order valence-corrected chi connectivity index (χ1v) is 6.03. The third-order valence-electron chi connectivity index (χ3n) is 2.21. The van der Waals surface area contributed by atoms with E-state index in [0.717, 1.165) is 6.42 Å². The van der Waals surface area contributed by atoms with Crippen LogP contribution in [0.15, 0.2) is 16.6 Å². The molecule has 0 radical (unpaired) electrons. The van der Waals surface area contributed by atoms with Gasteiger partial charge in [0.1, 0.15) is 5.75 Å². The van der Waals surface area contributed by atoms with E-state index in [1.807, 2.05) is 0 Å². The van der Waals surface area contributed by atoms with Crippen LogP contribution in [0.4, 0.5) is 0 Å². The minimum atomic E-state index is -0.227. The van der Waals surface area contributed by atoms with Gasteiger partial charge in [-0.2, -0.15) is 0 Å². The summed E-state index contributed by atoms with van der Waals surface area (Å²) in [5, 5.41) is 10.4. The van der Waals surface area contributed by atoms with Crippen LogP contribution >= 0.6 is 27.5 Å². The van der Waals surface area contributed by atoms with Crippen LogP contribution in [-0.2, 0) is 0 Å². The van der Waals surface area contributed by atoms with Gasteiger partial charge in [0, 0.05) is 16.6 Å². The molecule has 0 heterocycles. The van der Waals surface area contributed by atoms with Crippen LogP contribution in [0.5, 0.6) is 5.75 Å². The summed E-state index contributed by atoms with van der Waals surface area (Å²) < 4.78 is 0.626. The number of nitrogens with two attached hydrogens (primary N) is 1. The Balaban J connectivity index is 3.07. The van der Waals surface area contributed by atoms with E-state index >= 15 is 0 Å². The van der Waals surface area contributed by atoms with Gasteiger partial charge in [-0.3, -0.25) is 0 Å². The molecule has 0 saturated heterocycles. The molecule has 0 saturated carbocycles. The van der Waals surface area contributed by atoms with E-state index in [1.165, 1.54) is 0 Å². The van der Waals surface area contributed by atoms with Crippen LogP contribution in [0.1, 0.15) is 31.9 Å². The number of phenolic OH excluding ortho intramolecular Hbond substituents is 1. The lowest BCUT2D eigenvalue weighted by molar-refractivity contribution is 0.442. The molecule has 0 aromatic heterocycles. The summed E-state index contributed by atoms with van der Waals surface area (Å²) in [6.45, 7) is 4.17. The quantitative estimate of drug-likeness (QED) is 0.889. The van der Waals surface area contributed by atoms with Crippen molar-refractivity contribution in [3.8, 4) is 5.75 Å². The predicted octanol–water partition coefficient (Wildman–Crippen LogP) is 3.85. The van der Waals surface area contributed by atoms with Gasteiger partial charge in [0.05, 0.1) is 4.47 Å². The first-order chi connectivity index (χ1) is 6.93. The van der Waals surface area contributed by atoms with Gasteiger partial charge in [-0.05, 0) is 40.4 Å². The van der Waals surface area contributed by atoms with Crippen LogP contribution in [-0.4, -0.2) is 5.11 Å². The summed E-state index contributed by atoms with van der Waals surface area (Å²) in [5.74, 6) is 0.616. The highest BCUT2D eigenvalue weighted by atomic mass is 79.9. The molecule has 3 N–H and O–H groups in total. The van der Waals surface area contributed by atoms with Gasteiger partial charge < -0.3 is 10.8 Å². The number of rotatable bonds is 3. The summed E-state index contributed by atoms with van der Waals surface area (Å²) in [4.78, 5) is 0. The predicted molar refractivity (Wildman–Crippen MR) is 67.2 cm³/mol. The molecule has 0 unspecified atom stereocenters. The zero-order chi connectivity index (χ0) is 11.6. The first-order valence-electron chi connectivity index (χ1n) is 4.86. The average molecular weight is 293 g/mol. The monoisotopic (exact) mass is 291 g/mol. The maximum absolute atomic E-state index is 9.85. The highest BCUT2D eigenvalue weighted by Gasteiger charge is 2.17. The fourth-order valence-electron chi connectivity index (χ4n) is 1.54. The molecular weight excluding hydrogens is 277 g/mol. The second-order valence-electron chi connectivity index (χ2n) is 4.03. The van der Waals surface area contributed by atoms with Crippen LogP contribution in [0, 0.1) is 5.92 Å². The SMILES string of the molecule is CC(C)C[C@@H](N)c1c(Cl)ccc(Br)c1O. The second-order valence-corrected chi connectivity index (χ2v) is 5.29. The maximum atomic E-state index is 9.85. The first kappa shape index (κ1) is 12.8. The lowest BCUT2D eigenvalue weighted by Gasteiger charge is -2.17. The van der Waals surface area contributed by atoms with E-state index < -0.39 is 0 Å². The third-order valence-corrected chi connectivity index (χ3v) is 3.18. The van der Waals surface area contributed by atoms with Gasteiger partial charge in [0.25, 0.3) is 0 Å². The minimum absolute atomic E-state index is 0.149. The Morgan fingerprint density at radius 3 is 2.60 bits per heavy atom. The number of hydrogen-bond acceptors (Lipinski definition) is 2. The van der Waals surface area contributed by atoms with Crippen molar-refractivity contribution in [2.24, 2.45) is 11.7 Å². The Hall–Kier alpha value is -0.250. The van der Waals surface area contributed by atoms with Crippen molar-refractivity contribution in [2.75, 3.05) is 0 Å². The average Bonchev–Trinajstić information content (AvgIpc) is 2.11. The smallest absolute Gasteiger partial charge is 0.136 e. The molecule has 0 aliphatic carbocycles. The normalized spacial score (nSPS) is 13.2. The van der Waals surface area contributed by atoms with Gasteiger partial charge in [-0.25, -0.2) is 0 Å². The summed E-state index contributed by atoms with van der Waals surface area (Å²) in [7, 11) is 0. The molecule has 0 amide bonds. The fraction of sp³-hybridized carbons (Fsp3) is 0.455. The standard InChI is InChI=1S/C11H15BrClNO/c1-6(2)5-9(14)10-8(13)4-3-7(12)11(10)15/h3-4,6,9,15H,5,14H2,1-2H3/t9-/m1/s1. The van der Waals surface area contributed by atoms with E-state index in [1.54, 1.807) is 12.1 Å². The number of benzene rings is 1. The molecule has 1 aromatic rings. The molecule has 15 heavy (non-hydrogen) atoms. The minimum Gasteiger partial charge on any atom is -0.506 e. The molecule has 0 fully saturated rings. The van der Waals surface area contributed by atoms with Crippen LogP contribution in [0.3, 0.4) is 0 Å². The van der Waals surface area contributed by atoms with E-state index in [2.05, 4.69) is 29.8 Å². The maximum Gasteiger partial charge on any atom is 0.136 e. The molecule has 0 bridgehead atoms. The van der Waals surface area contributed by atoms with E-state index in [9.17, 15) is 5.11 Å². The largest absolute Gasteiger partial charge is 0.506 e. The van der Waals surface area contributed by atoms with Crippen molar-refractivity contribution >= 4 is 27.5 Å². The molecule has 0 spiro atoms. The molecule has 1 rings (SSSR count). The Bertz CT molecular complexity index is 355. The Morgan fingerprint density at radius 2 is 2.07 bits per heavy atom. The Labute approximate surface area is 104 Å². The van der Waals surface area contributed by atoms with Crippen molar-refractivity contribution in [2.45, 2.75) is 26.3 Å². The molecule has 0 aliphatic heterocycles. The fourth-order valence-corrected chi connectivity index (χ4v) is 2.17. The summed E-state index contributed by atoms with van der Waals surface area (Å²) in [5.41, 5.74) is 6.63. The number of aromatic hydroxyl groups is 1. The number of phenols is 1. The molecule has 0 aliphatic rings. The lowest BCUT2D eigenvalue weighted by atomic mass is 9.97. The zero-order valence-corrected chi connectivity index (χ0v) is 11.1. The van der Waals surface area contributed by atoms with Gasteiger partial charge >= 0.3 is 0 Å². The summed E-state index contributed by atoms with van der Waals surface area (Å²) >= 11 is 9.27. The second kappa shape index (κ2) is 5.19. The van der Waals surface area contributed by atoms with Gasteiger partial charge in [0.2, 0.25) is 0 Å². The molecule has 2 nitrogen and oxygen atoms in total. The number of hydrogen-bond donors (Lipinski definition) is 2. The summed E-state index contributed by atoms with van der Waals surface area (Å²) in [6.07, 6.45) is 0.795. The van der Waals surface area contributed by atoms with Crippen LogP contribution < -0.4 is 5.73 Å². The van der Waals surface area contributed by atoms with Crippen molar-refractivity contribution in [1.29, 1.82) is 0 Å². The molecule has 1 atom stereocenters. The van der Waals surface area contributed by atoms with E-state index in [0.29, 0.717) is 21.0 Å². The van der Waals surface area contributed by atoms with Crippen LogP contribution in [0.2, 0.25) is 5.02 Å². The van der Waals surface area contributed by atoms with Crippen molar-refractivity contribution in [3.63, 3.8) is 0 Å².